The number of hydrogen-bond acceptors (Lipinski definition) is 4. The van der Waals surface area contributed by atoms with Gasteiger partial charge < -0.3 is 20.9 Å². The highest BCUT2D eigenvalue weighted by molar-refractivity contribution is 5.85. The number of hydrogen-bond donors (Lipinski definition) is 2. The number of carbonyl (C=O) groups excluding carboxylic acids is 1. The molecule has 140 valence electrons. The van der Waals surface area contributed by atoms with Crippen LogP contribution >= 0.6 is 24.8 Å². The molecule has 0 unspecified atom stereocenters. The normalized spacial score (nSPS) is 18.0. The van der Waals surface area contributed by atoms with Gasteiger partial charge in [-0.2, -0.15) is 0 Å². The van der Waals surface area contributed by atoms with Crippen molar-refractivity contribution in [3.63, 3.8) is 0 Å². The van der Waals surface area contributed by atoms with Gasteiger partial charge in [-0.25, -0.2) is 0 Å². The molecule has 1 aliphatic rings. The molecule has 1 aliphatic heterocycles. The van der Waals surface area contributed by atoms with Crippen molar-refractivity contribution in [3.05, 3.63) is 0 Å². The Morgan fingerprint density at radius 3 is 2.22 bits per heavy atom. The zero-order valence-electron chi connectivity index (χ0n) is 15.3. The minimum Gasteiger partial charge on any atom is -0.354 e. The monoisotopic (exact) mass is 370 g/mol. The first kappa shape index (κ1) is 25.2. The summed E-state index contributed by atoms with van der Waals surface area (Å²) in [5.74, 6) is 0.578. The number of rotatable bonds is 6. The standard InChI is InChI=1S/C16H34N4O.2ClH/c1-16(2,3)14(17)15(21)18-12-13-6-8-20(9-7-13)11-10-19(4)5;;/h13-14H,6-12,17H2,1-5H3,(H,18,21);2*1H/t14-;;/m1../s1. The molecule has 0 aromatic heterocycles. The molecule has 1 heterocycles. The first-order valence-corrected chi connectivity index (χ1v) is 8.10. The lowest BCUT2D eigenvalue weighted by molar-refractivity contribution is -0.124. The molecule has 5 nitrogen and oxygen atoms in total. The molecule has 0 aliphatic carbocycles. The number of amides is 1. The van der Waals surface area contributed by atoms with Crippen LogP contribution in [-0.2, 0) is 4.79 Å². The van der Waals surface area contributed by atoms with Crippen molar-refractivity contribution in [3.8, 4) is 0 Å². The molecule has 23 heavy (non-hydrogen) atoms. The summed E-state index contributed by atoms with van der Waals surface area (Å²) in [6, 6.07) is -0.433. The Morgan fingerprint density at radius 1 is 1.26 bits per heavy atom. The lowest BCUT2D eigenvalue weighted by Gasteiger charge is -2.33. The molecule has 0 radical (unpaired) electrons. The smallest absolute Gasteiger partial charge is 0.237 e. The highest BCUT2D eigenvalue weighted by atomic mass is 35.5. The molecule has 0 bridgehead atoms. The van der Waals surface area contributed by atoms with E-state index in [-0.39, 0.29) is 36.1 Å². The molecule has 1 amide bonds. The second kappa shape index (κ2) is 11.5. The molecule has 0 saturated carbocycles. The van der Waals surface area contributed by atoms with E-state index in [4.69, 9.17) is 5.73 Å². The SMILES string of the molecule is CN(C)CCN1CCC(CNC(=O)[C@@H](N)C(C)(C)C)CC1.Cl.Cl. The third-order valence-electron chi connectivity index (χ3n) is 4.35. The van der Waals surface area contributed by atoms with Crippen molar-refractivity contribution >= 4 is 30.7 Å². The third kappa shape index (κ3) is 9.72. The van der Waals surface area contributed by atoms with Gasteiger partial charge in [-0.15, -0.1) is 24.8 Å². The van der Waals surface area contributed by atoms with Crippen LogP contribution in [-0.4, -0.2) is 68.6 Å². The quantitative estimate of drug-likeness (QED) is 0.745. The van der Waals surface area contributed by atoms with Gasteiger partial charge in [-0.3, -0.25) is 4.79 Å². The zero-order valence-corrected chi connectivity index (χ0v) is 16.9. The van der Waals surface area contributed by atoms with Gasteiger partial charge in [-0.1, -0.05) is 20.8 Å². The van der Waals surface area contributed by atoms with Crippen LogP contribution in [0.3, 0.4) is 0 Å². The van der Waals surface area contributed by atoms with Gasteiger partial charge in [-0.05, 0) is 51.4 Å². The maximum absolute atomic E-state index is 12.0. The van der Waals surface area contributed by atoms with E-state index in [1.54, 1.807) is 0 Å². The van der Waals surface area contributed by atoms with Crippen molar-refractivity contribution in [2.24, 2.45) is 17.1 Å². The molecule has 1 saturated heterocycles. The number of likely N-dealkylation sites (tertiary alicyclic amines) is 1. The number of halogens is 2. The molecule has 0 spiro atoms. The van der Waals surface area contributed by atoms with E-state index in [0.29, 0.717) is 5.92 Å². The van der Waals surface area contributed by atoms with Crippen LogP contribution in [0.15, 0.2) is 0 Å². The fraction of sp³-hybridized carbons (Fsp3) is 0.938. The predicted molar refractivity (Wildman–Crippen MR) is 103 cm³/mol. The summed E-state index contributed by atoms with van der Waals surface area (Å²) in [5, 5.41) is 3.03. The molecule has 1 fully saturated rings. The molecule has 3 N–H and O–H groups in total. The van der Waals surface area contributed by atoms with Crippen molar-refractivity contribution in [2.75, 3.05) is 46.8 Å². The van der Waals surface area contributed by atoms with E-state index in [1.165, 1.54) is 12.8 Å². The highest BCUT2D eigenvalue weighted by Crippen LogP contribution is 2.19. The van der Waals surface area contributed by atoms with E-state index in [2.05, 4.69) is 29.2 Å². The third-order valence-corrected chi connectivity index (χ3v) is 4.35. The van der Waals surface area contributed by atoms with E-state index in [9.17, 15) is 4.79 Å². The first-order chi connectivity index (χ1) is 9.70. The van der Waals surface area contributed by atoms with E-state index >= 15 is 0 Å². The average Bonchev–Trinajstić information content (AvgIpc) is 2.41. The summed E-state index contributed by atoms with van der Waals surface area (Å²) in [6.07, 6.45) is 2.33. The van der Waals surface area contributed by atoms with Crippen LogP contribution < -0.4 is 11.1 Å². The fourth-order valence-electron chi connectivity index (χ4n) is 2.50. The molecular formula is C16H36Cl2N4O. The van der Waals surface area contributed by atoms with Crippen LogP contribution in [0.2, 0.25) is 0 Å². The van der Waals surface area contributed by atoms with Gasteiger partial charge >= 0.3 is 0 Å². The molecule has 0 aromatic carbocycles. The number of piperidine rings is 1. The fourth-order valence-corrected chi connectivity index (χ4v) is 2.50. The van der Waals surface area contributed by atoms with Crippen LogP contribution in [0.25, 0.3) is 0 Å². The highest BCUT2D eigenvalue weighted by Gasteiger charge is 2.28. The maximum Gasteiger partial charge on any atom is 0.237 e. The number of nitrogens with one attached hydrogen (secondary N) is 1. The van der Waals surface area contributed by atoms with Crippen LogP contribution in [0, 0.1) is 11.3 Å². The van der Waals surface area contributed by atoms with Crippen molar-refractivity contribution < 1.29 is 4.79 Å². The Hall–Kier alpha value is -0.0700. The van der Waals surface area contributed by atoms with Crippen LogP contribution in [0.5, 0.6) is 0 Å². The zero-order chi connectivity index (χ0) is 16.0. The van der Waals surface area contributed by atoms with E-state index in [0.717, 1.165) is 32.7 Å². The summed E-state index contributed by atoms with van der Waals surface area (Å²) in [7, 11) is 4.22. The second-order valence-corrected chi connectivity index (χ2v) is 7.68. The van der Waals surface area contributed by atoms with Gasteiger partial charge in [0.25, 0.3) is 0 Å². The minimum absolute atomic E-state index is 0. The van der Waals surface area contributed by atoms with Crippen molar-refractivity contribution in [1.29, 1.82) is 0 Å². The summed E-state index contributed by atoms with van der Waals surface area (Å²) >= 11 is 0. The van der Waals surface area contributed by atoms with Crippen molar-refractivity contribution in [1.82, 2.24) is 15.1 Å². The lowest BCUT2D eigenvalue weighted by Crippen LogP contribution is -2.50. The number of carbonyl (C=O) groups is 1. The second-order valence-electron chi connectivity index (χ2n) is 7.68. The summed E-state index contributed by atoms with van der Waals surface area (Å²) < 4.78 is 0. The number of nitrogens with two attached hydrogens (primary N) is 1. The van der Waals surface area contributed by atoms with Crippen molar-refractivity contribution in [2.45, 2.75) is 39.7 Å². The van der Waals surface area contributed by atoms with Crippen LogP contribution in [0.1, 0.15) is 33.6 Å². The summed E-state index contributed by atoms with van der Waals surface area (Å²) in [6.45, 7) is 11.3. The minimum atomic E-state index is -0.433. The van der Waals surface area contributed by atoms with Gasteiger partial charge in [0.05, 0.1) is 6.04 Å². The average molecular weight is 371 g/mol. The van der Waals surface area contributed by atoms with E-state index in [1.807, 2.05) is 20.8 Å². The van der Waals surface area contributed by atoms with Gasteiger partial charge in [0, 0.05) is 19.6 Å². The predicted octanol–water partition coefficient (Wildman–Crippen LogP) is 1.59. The number of nitrogens with zero attached hydrogens (tertiary/aromatic N) is 2. The Kier molecular flexibility index (Phi) is 12.6. The largest absolute Gasteiger partial charge is 0.354 e. The Morgan fingerprint density at radius 2 is 1.78 bits per heavy atom. The molecular weight excluding hydrogens is 335 g/mol. The summed E-state index contributed by atoms with van der Waals surface area (Å²) in [4.78, 5) is 16.8. The van der Waals surface area contributed by atoms with Gasteiger partial charge in [0.15, 0.2) is 0 Å². The lowest BCUT2D eigenvalue weighted by atomic mass is 9.86. The van der Waals surface area contributed by atoms with Crippen LogP contribution in [0.4, 0.5) is 0 Å². The molecule has 1 atom stereocenters. The number of likely N-dealkylation sites (N-methyl/N-ethyl adjacent to an activating group) is 1. The maximum atomic E-state index is 12.0. The van der Waals surface area contributed by atoms with Gasteiger partial charge in [0.1, 0.15) is 0 Å². The molecule has 1 rings (SSSR count). The summed E-state index contributed by atoms with van der Waals surface area (Å²) in [5.41, 5.74) is 5.79. The Bertz CT molecular complexity index is 327. The Balaban J connectivity index is 0. The topological polar surface area (TPSA) is 61.6 Å². The van der Waals surface area contributed by atoms with Gasteiger partial charge in [0.2, 0.25) is 5.91 Å². The Labute approximate surface area is 154 Å². The molecule has 0 aromatic rings. The first-order valence-electron chi connectivity index (χ1n) is 8.10. The molecule has 7 heteroatoms. The van der Waals surface area contributed by atoms with E-state index < -0.39 is 6.04 Å².